The normalized spacial score (nSPS) is 21.2. The van der Waals surface area contributed by atoms with Gasteiger partial charge in [-0.2, -0.15) is 0 Å². The van der Waals surface area contributed by atoms with Crippen LogP contribution in [0.15, 0.2) is 61.2 Å². The molecule has 2 aromatic rings. The smallest absolute Gasteiger partial charge is 0.166 e. The van der Waals surface area contributed by atoms with Gasteiger partial charge in [-0.25, -0.2) is 0 Å². The zero-order valence-electron chi connectivity index (χ0n) is 21.8. The third-order valence-corrected chi connectivity index (χ3v) is 6.65. The third-order valence-electron chi connectivity index (χ3n) is 6.65. The Morgan fingerprint density at radius 2 is 1.14 bits per heavy atom. The lowest BCUT2D eigenvalue weighted by molar-refractivity contribution is -0.0203. The van der Waals surface area contributed by atoms with E-state index >= 15 is 0 Å². The van der Waals surface area contributed by atoms with Crippen molar-refractivity contribution in [2.24, 2.45) is 0 Å². The first-order valence-electron chi connectivity index (χ1n) is 13.2. The van der Waals surface area contributed by atoms with Crippen molar-refractivity contribution in [2.75, 3.05) is 20.8 Å². The van der Waals surface area contributed by atoms with Crippen LogP contribution in [-0.4, -0.2) is 50.3 Å². The molecule has 0 amide bonds. The molecule has 0 bridgehead atoms. The highest BCUT2D eigenvalue weighted by molar-refractivity contribution is 5.33. The summed E-state index contributed by atoms with van der Waals surface area (Å²) in [6, 6.07) is 15.0. The molecule has 1 aliphatic heterocycles. The van der Waals surface area contributed by atoms with Crippen LogP contribution in [0.5, 0.6) is 23.0 Å². The first kappa shape index (κ1) is 27.9. The highest BCUT2D eigenvalue weighted by Crippen LogP contribution is 2.33. The lowest BCUT2D eigenvalue weighted by Crippen LogP contribution is -2.43. The average Bonchev–Trinajstić information content (AvgIpc) is 3.24. The van der Waals surface area contributed by atoms with Gasteiger partial charge in [0.05, 0.1) is 26.9 Å². The number of allylic oxidation sites excluding steroid dienone is 1. The van der Waals surface area contributed by atoms with Crippen molar-refractivity contribution in [3.8, 4) is 23.0 Å². The van der Waals surface area contributed by atoms with Gasteiger partial charge < -0.3 is 28.8 Å². The van der Waals surface area contributed by atoms with Crippen molar-refractivity contribution in [2.45, 2.75) is 82.2 Å². The molecule has 1 saturated heterocycles. The van der Waals surface area contributed by atoms with Crippen LogP contribution in [0.3, 0.4) is 0 Å². The fraction of sp³-hybridized carbons (Fsp3) is 0.533. The van der Waals surface area contributed by atoms with Crippen LogP contribution in [0.2, 0.25) is 0 Å². The Hall–Kier alpha value is -2.70. The van der Waals surface area contributed by atoms with Crippen LogP contribution >= 0.6 is 0 Å². The largest absolute Gasteiger partial charge is 0.497 e. The van der Waals surface area contributed by atoms with Crippen molar-refractivity contribution in [3.63, 3.8) is 0 Å². The molecule has 2 aromatic carbocycles. The van der Waals surface area contributed by atoms with Gasteiger partial charge in [0.2, 0.25) is 0 Å². The Balaban J connectivity index is 1.62. The molecule has 36 heavy (non-hydrogen) atoms. The summed E-state index contributed by atoms with van der Waals surface area (Å²) in [6.45, 7) is 3.65. The standard InChI is InChI=1S/C30H42O6/c1-4-5-6-7-8-9-10-11-12-13-27-29(34-25-18-14-23(32-2)15-19-25)30(28(22-31)36-27)35-26-20-16-24(33-3)17-21-26/h4,14-21,27-31H,1,5-13,22H2,2-3H3/t27-,28+,29+,30+/m0/s1. The summed E-state index contributed by atoms with van der Waals surface area (Å²) in [5, 5.41) is 10.1. The molecule has 198 valence electrons. The van der Waals surface area contributed by atoms with E-state index in [0.717, 1.165) is 42.9 Å². The maximum Gasteiger partial charge on any atom is 0.166 e. The van der Waals surface area contributed by atoms with E-state index in [4.69, 9.17) is 23.7 Å². The second kappa shape index (κ2) is 15.4. The molecule has 3 rings (SSSR count). The van der Waals surface area contributed by atoms with E-state index in [1.165, 1.54) is 32.1 Å². The number of rotatable bonds is 17. The summed E-state index contributed by atoms with van der Waals surface area (Å²) in [5.41, 5.74) is 0. The van der Waals surface area contributed by atoms with Crippen LogP contribution < -0.4 is 18.9 Å². The van der Waals surface area contributed by atoms with Crippen molar-refractivity contribution >= 4 is 0 Å². The molecular formula is C30H42O6. The number of hydrogen-bond acceptors (Lipinski definition) is 6. The molecule has 1 fully saturated rings. The molecule has 0 spiro atoms. The van der Waals surface area contributed by atoms with E-state index in [1.807, 2.05) is 54.6 Å². The second-order valence-electron chi connectivity index (χ2n) is 9.25. The zero-order valence-corrected chi connectivity index (χ0v) is 21.8. The topological polar surface area (TPSA) is 66.4 Å². The van der Waals surface area contributed by atoms with Crippen molar-refractivity contribution in [3.05, 3.63) is 61.2 Å². The van der Waals surface area contributed by atoms with Gasteiger partial charge in [-0.15, -0.1) is 6.58 Å². The van der Waals surface area contributed by atoms with Gasteiger partial charge >= 0.3 is 0 Å². The molecule has 0 saturated carbocycles. The SMILES string of the molecule is C=CCCCCCCCCC[C@@H]1O[C@H](CO)[C@@H](Oc2ccc(OC)cc2)[C@@H]1Oc1ccc(OC)cc1. The van der Waals surface area contributed by atoms with Gasteiger partial charge in [0.25, 0.3) is 0 Å². The van der Waals surface area contributed by atoms with Crippen LogP contribution in [0.25, 0.3) is 0 Å². The van der Waals surface area contributed by atoms with Crippen molar-refractivity contribution in [1.29, 1.82) is 0 Å². The summed E-state index contributed by atoms with van der Waals surface area (Å²) in [7, 11) is 3.28. The van der Waals surface area contributed by atoms with E-state index in [-0.39, 0.29) is 18.8 Å². The lowest BCUT2D eigenvalue weighted by atomic mass is 10.0. The molecule has 1 aliphatic rings. The van der Waals surface area contributed by atoms with Crippen molar-refractivity contribution < 1.29 is 28.8 Å². The van der Waals surface area contributed by atoms with Crippen LogP contribution in [-0.2, 0) is 4.74 Å². The average molecular weight is 499 g/mol. The summed E-state index contributed by atoms with van der Waals surface area (Å²) in [4.78, 5) is 0. The number of aliphatic hydroxyl groups is 1. The van der Waals surface area contributed by atoms with Gasteiger partial charge in [0.1, 0.15) is 29.1 Å². The van der Waals surface area contributed by atoms with E-state index in [0.29, 0.717) is 5.75 Å². The molecule has 1 N–H and O–H groups in total. The predicted molar refractivity (Wildman–Crippen MR) is 142 cm³/mol. The van der Waals surface area contributed by atoms with E-state index in [2.05, 4.69) is 6.58 Å². The van der Waals surface area contributed by atoms with Gasteiger partial charge in [0.15, 0.2) is 12.2 Å². The Kier molecular flexibility index (Phi) is 11.9. The molecule has 6 nitrogen and oxygen atoms in total. The Bertz CT molecular complexity index is 866. The number of hydrogen-bond donors (Lipinski definition) is 1. The fourth-order valence-corrected chi connectivity index (χ4v) is 4.61. The molecular weight excluding hydrogens is 456 g/mol. The van der Waals surface area contributed by atoms with Gasteiger partial charge in [-0.3, -0.25) is 0 Å². The second-order valence-corrected chi connectivity index (χ2v) is 9.25. The Morgan fingerprint density at radius 1 is 0.694 bits per heavy atom. The number of unbranched alkanes of at least 4 members (excludes halogenated alkanes) is 7. The molecule has 0 aliphatic carbocycles. The lowest BCUT2D eigenvalue weighted by Gasteiger charge is -2.26. The summed E-state index contributed by atoms with van der Waals surface area (Å²) in [5.74, 6) is 2.93. The first-order valence-corrected chi connectivity index (χ1v) is 13.2. The van der Waals surface area contributed by atoms with Gasteiger partial charge in [-0.05, 0) is 67.8 Å². The predicted octanol–water partition coefficient (Wildman–Crippen LogP) is 6.36. The highest BCUT2D eigenvalue weighted by Gasteiger charge is 2.47. The quantitative estimate of drug-likeness (QED) is 0.202. The number of methoxy groups -OCH3 is 2. The number of ether oxygens (including phenoxy) is 5. The molecule has 0 radical (unpaired) electrons. The summed E-state index contributed by atoms with van der Waals surface area (Å²) in [6.07, 6.45) is 11.0. The minimum absolute atomic E-state index is 0.134. The van der Waals surface area contributed by atoms with Crippen LogP contribution in [0, 0.1) is 0 Å². The highest BCUT2D eigenvalue weighted by atomic mass is 16.6. The summed E-state index contributed by atoms with van der Waals surface area (Å²) < 4.78 is 29.6. The fourth-order valence-electron chi connectivity index (χ4n) is 4.61. The summed E-state index contributed by atoms with van der Waals surface area (Å²) >= 11 is 0. The molecule has 0 aromatic heterocycles. The van der Waals surface area contributed by atoms with E-state index in [1.54, 1.807) is 14.2 Å². The van der Waals surface area contributed by atoms with Crippen LogP contribution in [0.1, 0.15) is 57.8 Å². The van der Waals surface area contributed by atoms with Crippen LogP contribution in [0.4, 0.5) is 0 Å². The molecule has 0 unspecified atom stereocenters. The number of benzene rings is 2. The monoisotopic (exact) mass is 498 g/mol. The number of aliphatic hydroxyl groups excluding tert-OH is 1. The van der Waals surface area contributed by atoms with Gasteiger partial charge in [-0.1, -0.05) is 44.6 Å². The minimum Gasteiger partial charge on any atom is -0.497 e. The first-order chi connectivity index (χ1) is 17.7. The zero-order chi connectivity index (χ0) is 25.6. The van der Waals surface area contributed by atoms with E-state index in [9.17, 15) is 5.11 Å². The molecule has 4 atom stereocenters. The molecule has 1 heterocycles. The maximum absolute atomic E-state index is 10.1. The Morgan fingerprint density at radius 3 is 1.61 bits per heavy atom. The van der Waals surface area contributed by atoms with Crippen molar-refractivity contribution in [1.82, 2.24) is 0 Å². The Labute approximate surface area is 216 Å². The maximum atomic E-state index is 10.1. The minimum atomic E-state index is -0.467. The van der Waals surface area contributed by atoms with E-state index < -0.39 is 12.2 Å². The third kappa shape index (κ3) is 8.45. The molecule has 6 heteroatoms. The van der Waals surface area contributed by atoms with Gasteiger partial charge in [0, 0.05) is 0 Å².